The van der Waals surface area contributed by atoms with Gasteiger partial charge in [0.15, 0.2) is 0 Å². The second-order valence-electron chi connectivity index (χ2n) is 5.57. The van der Waals surface area contributed by atoms with Gasteiger partial charge in [-0.1, -0.05) is 18.6 Å². The summed E-state index contributed by atoms with van der Waals surface area (Å²) in [7, 11) is 0. The SMILES string of the molecule is NC1CCCN(c2cccc(C3CCC3)c2)C1. The summed E-state index contributed by atoms with van der Waals surface area (Å²) in [6, 6.07) is 9.48. The van der Waals surface area contributed by atoms with Crippen LogP contribution in [0.2, 0.25) is 0 Å². The van der Waals surface area contributed by atoms with Crippen LogP contribution in [0.5, 0.6) is 0 Å². The maximum Gasteiger partial charge on any atom is 0.0369 e. The van der Waals surface area contributed by atoms with E-state index in [9.17, 15) is 0 Å². The van der Waals surface area contributed by atoms with Crippen LogP contribution in [-0.2, 0) is 0 Å². The van der Waals surface area contributed by atoms with Crippen molar-refractivity contribution in [2.24, 2.45) is 5.73 Å². The summed E-state index contributed by atoms with van der Waals surface area (Å²) < 4.78 is 0. The third kappa shape index (κ3) is 2.32. The van der Waals surface area contributed by atoms with Gasteiger partial charge in [0.2, 0.25) is 0 Å². The maximum atomic E-state index is 6.06. The van der Waals surface area contributed by atoms with E-state index in [1.165, 1.54) is 49.9 Å². The zero-order valence-electron chi connectivity index (χ0n) is 10.4. The van der Waals surface area contributed by atoms with E-state index in [1.54, 1.807) is 0 Å². The quantitative estimate of drug-likeness (QED) is 0.846. The highest BCUT2D eigenvalue weighted by atomic mass is 15.1. The lowest BCUT2D eigenvalue weighted by molar-refractivity contribution is 0.419. The number of hydrogen-bond acceptors (Lipinski definition) is 2. The molecule has 1 heterocycles. The van der Waals surface area contributed by atoms with Gasteiger partial charge in [0.1, 0.15) is 0 Å². The van der Waals surface area contributed by atoms with Crippen molar-refractivity contribution >= 4 is 5.69 Å². The highest BCUT2D eigenvalue weighted by molar-refractivity contribution is 5.50. The van der Waals surface area contributed by atoms with Gasteiger partial charge in [-0.25, -0.2) is 0 Å². The highest BCUT2D eigenvalue weighted by Gasteiger charge is 2.21. The molecule has 0 radical (unpaired) electrons. The molecule has 3 rings (SSSR count). The minimum absolute atomic E-state index is 0.358. The molecule has 1 saturated heterocycles. The molecule has 2 heteroatoms. The molecule has 0 aromatic heterocycles. The number of piperidine rings is 1. The van der Waals surface area contributed by atoms with E-state index in [0.717, 1.165) is 12.5 Å². The van der Waals surface area contributed by atoms with Gasteiger partial charge in [0.05, 0.1) is 0 Å². The number of hydrogen-bond donors (Lipinski definition) is 1. The molecule has 1 unspecified atom stereocenters. The fourth-order valence-electron chi connectivity index (χ4n) is 2.96. The molecule has 0 bridgehead atoms. The smallest absolute Gasteiger partial charge is 0.0369 e. The summed E-state index contributed by atoms with van der Waals surface area (Å²) in [5, 5.41) is 0. The summed E-state index contributed by atoms with van der Waals surface area (Å²) in [5.41, 5.74) is 8.97. The van der Waals surface area contributed by atoms with Crippen molar-refractivity contribution in [3.63, 3.8) is 0 Å². The van der Waals surface area contributed by atoms with E-state index in [4.69, 9.17) is 5.73 Å². The van der Waals surface area contributed by atoms with E-state index < -0.39 is 0 Å². The molecule has 1 aromatic rings. The van der Waals surface area contributed by atoms with Gasteiger partial charge >= 0.3 is 0 Å². The van der Waals surface area contributed by atoms with Crippen molar-refractivity contribution in [2.75, 3.05) is 18.0 Å². The molecule has 1 aromatic carbocycles. The largest absolute Gasteiger partial charge is 0.370 e. The number of anilines is 1. The van der Waals surface area contributed by atoms with Crippen LogP contribution in [0.1, 0.15) is 43.6 Å². The predicted octanol–water partition coefficient (Wildman–Crippen LogP) is 2.88. The lowest BCUT2D eigenvalue weighted by Gasteiger charge is -2.34. The van der Waals surface area contributed by atoms with Gasteiger partial charge in [-0.15, -0.1) is 0 Å². The molecule has 2 aliphatic rings. The molecule has 2 fully saturated rings. The fourth-order valence-corrected chi connectivity index (χ4v) is 2.96. The van der Waals surface area contributed by atoms with Gasteiger partial charge in [-0.2, -0.15) is 0 Å². The van der Waals surface area contributed by atoms with Gasteiger partial charge < -0.3 is 10.6 Å². The van der Waals surface area contributed by atoms with Gasteiger partial charge in [0.25, 0.3) is 0 Å². The first-order chi connectivity index (χ1) is 8.33. The Kier molecular flexibility index (Phi) is 3.06. The lowest BCUT2D eigenvalue weighted by atomic mass is 9.80. The summed E-state index contributed by atoms with van der Waals surface area (Å²) in [5.74, 6) is 0.827. The monoisotopic (exact) mass is 230 g/mol. The van der Waals surface area contributed by atoms with Crippen LogP contribution >= 0.6 is 0 Å². The van der Waals surface area contributed by atoms with Crippen molar-refractivity contribution in [3.8, 4) is 0 Å². The van der Waals surface area contributed by atoms with E-state index >= 15 is 0 Å². The Morgan fingerprint density at radius 1 is 1.12 bits per heavy atom. The number of nitrogens with two attached hydrogens (primary N) is 1. The highest BCUT2D eigenvalue weighted by Crippen LogP contribution is 2.37. The van der Waals surface area contributed by atoms with Gasteiger partial charge in [0, 0.05) is 24.8 Å². The van der Waals surface area contributed by atoms with E-state index in [0.29, 0.717) is 6.04 Å². The number of nitrogens with zero attached hydrogens (tertiary/aromatic N) is 1. The van der Waals surface area contributed by atoms with Crippen LogP contribution in [0, 0.1) is 0 Å². The molecule has 1 aliphatic carbocycles. The van der Waals surface area contributed by atoms with Crippen LogP contribution in [0.25, 0.3) is 0 Å². The van der Waals surface area contributed by atoms with Crippen molar-refractivity contribution in [3.05, 3.63) is 29.8 Å². The van der Waals surface area contributed by atoms with Crippen LogP contribution in [0.3, 0.4) is 0 Å². The Balaban J connectivity index is 1.77. The fraction of sp³-hybridized carbons (Fsp3) is 0.600. The first-order valence-electron chi connectivity index (χ1n) is 6.93. The van der Waals surface area contributed by atoms with Crippen molar-refractivity contribution in [1.29, 1.82) is 0 Å². The second-order valence-corrected chi connectivity index (χ2v) is 5.57. The average molecular weight is 230 g/mol. The summed E-state index contributed by atoms with van der Waals surface area (Å²) >= 11 is 0. The standard InChI is InChI=1S/C15H22N2/c16-14-7-3-9-17(11-14)15-8-2-6-13(10-15)12-4-1-5-12/h2,6,8,10,12,14H,1,3-5,7,9,11,16H2. The Morgan fingerprint density at radius 2 is 2.00 bits per heavy atom. The first kappa shape index (κ1) is 11.1. The maximum absolute atomic E-state index is 6.06. The Labute approximate surface area is 104 Å². The molecule has 2 N–H and O–H groups in total. The summed E-state index contributed by atoms with van der Waals surface area (Å²) in [6.45, 7) is 2.19. The molecule has 17 heavy (non-hydrogen) atoms. The van der Waals surface area contributed by atoms with Crippen molar-refractivity contribution in [2.45, 2.75) is 44.1 Å². The third-order valence-corrected chi connectivity index (χ3v) is 4.27. The molecule has 1 aliphatic heterocycles. The average Bonchev–Trinajstić information content (AvgIpc) is 2.27. The van der Waals surface area contributed by atoms with E-state index in [1.807, 2.05) is 0 Å². The van der Waals surface area contributed by atoms with Crippen LogP contribution in [0.15, 0.2) is 24.3 Å². The topological polar surface area (TPSA) is 29.3 Å². The van der Waals surface area contributed by atoms with Gasteiger partial charge in [-0.05, 0) is 49.3 Å². The summed E-state index contributed by atoms with van der Waals surface area (Å²) in [6.07, 6.45) is 6.57. The normalized spacial score (nSPS) is 25.7. The minimum atomic E-state index is 0.358. The molecule has 92 valence electrons. The predicted molar refractivity (Wildman–Crippen MR) is 72.5 cm³/mol. The Hall–Kier alpha value is -1.02. The lowest BCUT2D eigenvalue weighted by Crippen LogP contribution is -2.42. The number of rotatable bonds is 2. The van der Waals surface area contributed by atoms with Crippen LogP contribution < -0.4 is 10.6 Å². The van der Waals surface area contributed by atoms with E-state index in [2.05, 4.69) is 29.2 Å². The molecular formula is C15H22N2. The molecule has 1 atom stereocenters. The van der Waals surface area contributed by atoms with Crippen LogP contribution in [-0.4, -0.2) is 19.1 Å². The van der Waals surface area contributed by atoms with E-state index in [-0.39, 0.29) is 0 Å². The zero-order valence-corrected chi connectivity index (χ0v) is 10.4. The molecule has 1 saturated carbocycles. The summed E-state index contributed by atoms with van der Waals surface area (Å²) in [4.78, 5) is 2.45. The third-order valence-electron chi connectivity index (χ3n) is 4.27. The van der Waals surface area contributed by atoms with Crippen molar-refractivity contribution < 1.29 is 0 Å². The number of benzene rings is 1. The Morgan fingerprint density at radius 3 is 2.71 bits per heavy atom. The zero-order chi connectivity index (χ0) is 11.7. The molecule has 2 nitrogen and oxygen atoms in total. The minimum Gasteiger partial charge on any atom is -0.370 e. The van der Waals surface area contributed by atoms with Gasteiger partial charge in [-0.3, -0.25) is 0 Å². The van der Waals surface area contributed by atoms with Crippen LogP contribution in [0.4, 0.5) is 5.69 Å². The molecule has 0 amide bonds. The second kappa shape index (κ2) is 4.69. The first-order valence-corrected chi connectivity index (χ1v) is 6.93. The molecule has 0 spiro atoms. The van der Waals surface area contributed by atoms with Crippen molar-refractivity contribution in [1.82, 2.24) is 0 Å². The molecular weight excluding hydrogens is 208 g/mol. The Bertz CT molecular complexity index is 384.